The lowest BCUT2D eigenvalue weighted by Gasteiger charge is -2.14. The molecule has 7 heteroatoms. The smallest absolute Gasteiger partial charge is 0.264 e. The molecular weight excluding hydrogens is 308 g/mol. The predicted molar refractivity (Wildman–Crippen MR) is 90.2 cm³/mol. The highest BCUT2D eigenvalue weighted by atomic mass is 16.5. The molecule has 2 heterocycles. The van der Waals surface area contributed by atoms with Crippen molar-refractivity contribution in [3.63, 3.8) is 0 Å². The average molecular weight is 328 g/mol. The minimum absolute atomic E-state index is 0.0976. The van der Waals surface area contributed by atoms with Crippen LogP contribution in [0, 0.1) is 13.8 Å². The first-order valence-corrected chi connectivity index (χ1v) is 7.70. The van der Waals surface area contributed by atoms with Gasteiger partial charge in [-0.3, -0.25) is 14.0 Å². The fraction of sp³-hybridized carbons (Fsp3) is 0.353. The molecule has 0 saturated heterocycles. The van der Waals surface area contributed by atoms with Crippen molar-refractivity contribution in [1.29, 1.82) is 0 Å². The van der Waals surface area contributed by atoms with Crippen LogP contribution in [-0.4, -0.2) is 37.1 Å². The van der Waals surface area contributed by atoms with Gasteiger partial charge in [-0.1, -0.05) is 6.07 Å². The van der Waals surface area contributed by atoms with Crippen molar-refractivity contribution in [2.75, 3.05) is 6.61 Å². The first-order valence-electron chi connectivity index (χ1n) is 7.70. The Balaban J connectivity index is 1.69. The number of rotatable bonds is 5. The Kier molecular flexibility index (Phi) is 4.35. The molecule has 7 nitrogen and oxygen atoms in total. The summed E-state index contributed by atoms with van der Waals surface area (Å²) >= 11 is 0. The van der Waals surface area contributed by atoms with E-state index in [0.29, 0.717) is 16.8 Å². The zero-order chi connectivity index (χ0) is 17.3. The standard InChI is InChI=1S/C17H20N4O3/c1-11-4-12(2)6-14(5-11)24-9-13(22)8-21-10-18-16-15(17(21)23)7-19-20(16)3/h4-7,10,13,22H,8-9H2,1-3H3/t13-/m1/s1. The number of fused-ring (bicyclic) bond motifs is 1. The lowest BCUT2D eigenvalue weighted by molar-refractivity contribution is 0.0914. The Labute approximate surface area is 139 Å². The monoisotopic (exact) mass is 328 g/mol. The molecule has 0 amide bonds. The minimum Gasteiger partial charge on any atom is -0.491 e. The van der Waals surface area contributed by atoms with Crippen molar-refractivity contribution in [1.82, 2.24) is 19.3 Å². The summed E-state index contributed by atoms with van der Waals surface area (Å²) in [4.78, 5) is 16.6. The van der Waals surface area contributed by atoms with Crippen molar-refractivity contribution in [3.05, 3.63) is 52.2 Å². The van der Waals surface area contributed by atoms with Gasteiger partial charge < -0.3 is 9.84 Å². The highest BCUT2D eigenvalue weighted by Gasteiger charge is 2.12. The van der Waals surface area contributed by atoms with Gasteiger partial charge in [-0.05, 0) is 37.1 Å². The second-order valence-corrected chi connectivity index (χ2v) is 6.00. The maximum atomic E-state index is 12.4. The van der Waals surface area contributed by atoms with E-state index in [1.807, 2.05) is 26.0 Å². The summed E-state index contributed by atoms with van der Waals surface area (Å²) in [5.41, 5.74) is 2.50. The van der Waals surface area contributed by atoms with Crippen LogP contribution in [0.2, 0.25) is 0 Å². The van der Waals surface area contributed by atoms with Crippen LogP contribution in [0.1, 0.15) is 11.1 Å². The molecule has 0 bridgehead atoms. The number of aliphatic hydroxyl groups excluding tert-OH is 1. The first kappa shape index (κ1) is 16.2. The summed E-state index contributed by atoms with van der Waals surface area (Å²) in [5, 5.41) is 14.6. The number of aliphatic hydroxyl groups is 1. The summed E-state index contributed by atoms with van der Waals surface area (Å²) in [5.74, 6) is 0.708. The number of aromatic nitrogens is 4. The Morgan fingerprint density at radius 3 is 2.67 bits per heavy atom. The third-order valence-corrected chi connectivity index (χ3v) is 3.76. The van der Waals surface area contributed by atoms with Gasteiger partial charge >= 0.3 is 0 Å². The van der Waals surface area contributed by atoms with Crippen LogP contribution in [0.3, 0.4) is 0 Å². The second-order valence-electron chi connectivity index (χ2n) is 6.00. The lowest BCUT2D eigenvalue weighted by atomic mass is 10.1. The molecule has 3 aromatic rings. The molecule has 126 valence electrons. The number of aryl methyl sites for hydroxylation is 3. The van der Waals surface area contributed by atoms with Crippen LogP contribution in [-0.2, 0) is 13.6 Å². The highest BCUT2D eigenvalue weighted by molar-refractivity contribution is 5.72. The predicted octanol–water partition coefficient (Wildman–Crippen LogP) is 1.19. The zero-order valence-corrected chi connectivity index (χ0v) is 13.9. The Morgan fingerprint density at radius 1 is 1.25 bits per heavy atom. The van der Waals surface area contributed by atoms with Gasteiger partial charge in [0.2, 0.25) is 0 Å². The molecule has 0 aliphatic rings. The van der Waals surface area contributed by atoms with E-state index in [2.05, 4.69) is 16.1 Å². The zero-order valence-electron chi connectivity index (χ0n) is 13.9. The van der Waals surface area contributed by atoms with E-state index in [4.69, 9.17) is 4.74 Å². The van der Waals surface area contributed by atoms with E-state index in [1.165, 1.54) is 17.1 Å². The third-order valence-electron chi connectivity index (χ3n) is 3.76. The third kappa shape index (κ3) is 3.30. The fourth-order valence-electron chi connectivity index (χ4n) is 2.69. The SMILES string of the molecule is Cc1cc(C)cc(OC[C@H](O)Cn2cnc3c(cnn3C)c2=O)c1. The molecule has 0 fully saturated rings. The van der Waals surface area contributed by atoms with Gasteiger partial charge in [0.1, 0.15) is 30.2 Å². The van der Waals surface area contributed by atoms with Crippen molar-refractivity contribution in [3.8, 4) is 5.75 Å². The maximum absolute atomic E-state index is 12.4. The van der Waals surface area contributed by atoms with Gasteiger partial charge in [-0.25, -0.2) is 4.98 Å². The van der Waals surface area contributed by atoms with E-state index in [9.17, 15) is 9.90 Å². The van der Waals surface area contributed by atoms with Gasteiger partial charge in [0.25, 0.3) is 5.56 Å². The van der Waals surface area contributed by atoms with Gasteiger partial charge in [-0.15, -0.1) is 0 Å². The van der Waals surface area contributed by atoms with Gasteiger partial charge in [-0.2, -0.15) is 5.10 Å². The number of hydrogen-bond acceptors (Lipinski definition) is 5. The number of benzene rings is 1. The van der Waals surface area contributed by atoms with Crippen LogP contribution >= 0.6 is 0 Å². The Morgan fingerprint density at radius 2 is 1.96 bits per heavy atom. The van der Waals surface area contributed by atoms with Gasteiger partial charge in [0, 0.05) is 7.05 Å². The van der Waals surface area contributed by atoms with E-state index in [-0.39, 0.29) is 18.7 Å². The summed E-state index contributed by atoms with van der Waals surface area (Å²) in [6, 6.07) is 5.88. The van der Waals surface area contributed by atoms with Crippen molar-refractivity contribution >= 4 is 11.0 Å². The molecule has 0 aliphatic heterocycles. The summed E-state index contributed by atoms with van der Waals surface area (Å²) in [6.07, 6.45) is 2.09. The van der Waals surface area contributed by atoms with E-state index < -0.39 is 6.10 Å². The molecular formula is C17H20N4O3. The molecule has 3 rings (SSSR count). The van der Waals surface area contributed by atoms with Gasteiger partial charge in [0.05, 0.1) is 12.7 Å². The highest BCUT2D eigenvalue weighted by Crippen LogP contribution is 2.16. The second kappa shape index (κ2) is 6.45. The summed E-state index contributed by atoms with van der Waals surface area (Å²) in [7, 11) is 1.73. The maximum Gasteiger partial charge on any atom is 0.264 e. The molecule has 1 aromatic carbocycles. The van der Waals surface area contributed by atoms with E-state index in [1.54, 1.807) is 11.7 Å². The molecule has 0 spiro atoms. The topological polar surface area (TPSA) is 82.2 Å². The summed E-state index contributed by atoms with van der Waals surface area (Å²) in [6.45, 7) is 4.19. The first-order chi connectivity index (χ1) is 11.4. The lowest BCUT2D eigenvalue weighted by Crippen LogP contribution is -2.30. The molecule has 1 N–H and O–H groups in total. The molecule has 0 radical (unpaired) electrons. The quantitative estimate of drug-likeness (QED) is 0.761. The van der Waals surface area contributed by atoms with Crippen LogP contribution < -0.4 is 10.3 Å². The van der Waals surface area contributed by atoms with Crippen molar-refractivity contribution < 1.29 is 9.84 Å². The van der Waals surface area contributed by atoms with Gasteiger partial charge in [0.15, 0.2) is 5.65 Å². The molecule has 24 heavy (non-hydrogen) atoms. The average Bonchev–Trinajstić information content (AvgIpc) is 2.89. The summed E-state index contributed by atoms with van der Waals surface area (Å²) < 4.78 is 8.55. The number of nitrogens with zero attached hydrogens (tertiary/aromatic N) is 4. The van der Waals surface area contributed by atoms with Crippen LogP contribution in [0.4, 0.5) is 0 Å². The fourth-order valence-corrected chi connectivity index (χ4v) is 2.69. The number of hydrogen-bond donors (Lipinski definition) is 1. The van der Waals surface area contributed by atoms with E-state index in [0.717, 1.165) is 11.1 Å². The molecule has 0 unspecified atom stereocenters. The van der Waals surface area contributed by atoms with Crippen molar-refractivity contribution in [2.45, 2.75) is 26.5 Å². The molecule has 0 aliphatic carbocycles. The Bertz CT molecular complexity index is 909. The van der Waals surface area contributed by atoms with Crippen LogP contribution in [0.15, 0.2) is 35.5 Å². The van der Waals surface area contributed by atoms with E-state index >= 15 is 0 Å². The van der Waals surface area contributed by atoms with Crippen molar-refractivity contribution in [2.24, 2.45) is 7.05 Å². The minimum atomic E-state index is -0.820. The molecule has 0 saturated carbocycles. The molecule has 2 aromatic heterocycles. The van der Waals surface area contributed by atoms with Crippen LogP contribution in [0.5, 0.6) is 5.75 Å². The van der Waals surface area contributed by atoms with Crippen LogP contribution in [0.25, 0.3) is 11.0 Å². The largest absolute Gasteiger partial charge is 0.491 e. The molecule has 1 atom stereocenters. The Hall–Kier alpha value is -2.67. The normalized spacial score (nSPS) is 12.5. The number of ether oxygens (including phenoxy) is 1.